The molecule has 1 aromatic carbocycles. The molecule has 0 aliphatic carbocycles. The number of halogens is 2. The number of likely N-dealkylation sites (tertiary alicyclic amines) is 1. The lowest BCUT2D eigenvalue weighted by Gasteiger charge is -2.34. The second kappa shape index (κ2) is 6.95. The molecule has 1 saturated heterocycles. The number of benzene rings is 1. The summed E-state index contributed by atoms with van der Waals surface area (Å²) in [5.41, 5.74) is 6.69. The van der Waals surface area contributed by atoms with E-state index in [2.05, 4.69) is 0 Å². The van der Waals surface area contributed by atoms with Crippen molar-refractivity contribution in [1.82, 2.24) is 4.90 Å². The van der Waals surface area contributed by atoms with Gasteiger partial charge in [-0.15, -0.1) is 0 Å². The molecule has 4 nitrogen and oxygen atoms in total. The van der Waals surface area contributed by atoms with Crippen LogP contribution in [0.2, 0.25) is 0 Å². The van der Waals surface area contributed by atoms with Gasteiger partial charge in [-0.2, -0.15) is 0 Å². The molecule has 0 saturated carbocycles. The van der Waals surface area contributed by atoms with Crippen LogP contribution in [0.25, 0.3) is 0 Å². The number of methoxy groups -OCH3 is 1. The Bertz CT molecular complexity index is 510. The first-order valence-corrected chi connectivity index (χ1v) is 7.03. The van der Waals surface area contributed by atoms with Crippen molar-refractivity contribution >= 4 is 5.91 Å². The van der Waals surface area contributed by atoms with Crippen molar-refractivity contribution in [3.63, 3.8) is 0 Å². The van der Waals surface area contributed by atoms with E-state index >= 15 is 0 Å². The topological polar surface area (TPSA) is 55.6 Å². The second-order valence-corrected chi connectivity index (χ2v) is 5.25. The van der Waals surface area contributed by atoms with Gasteiger partial charge in [0.05, 0.1) is 12.6 Å². The van der Waals surface area contributed by atoms with E-state index in [9.17, 15) is 13.6 Å². The Morgan fingerprint density at radius 1 is 1.38 bits per heavy atom. The number of carbonyl (C=O) groups is 1. The monoisotopic (exact) mass is 298 g/mol. The van der Waals surface area contributed by atoms with Crippen molar-refractivity contribution in [2.45, 2.75) is 31.3 Å². The van der Waals surface area contributed by atoms with Gasteiger partial charge in [0.2, 0.25) is 5.91 Å². The molecule has 2 N–H and O–H groups in total. The van der Waals surface area contributed by atoms with Crippen molar-refractivity contribution in [2.24, 2.45) is 5.73 Å². The van der Waals surface area contributed by atoms with Crippen LogP contribution in [-0.4, -0.2) is 37.1 Å². The lowest BCUT2D eigenvalue weighted by molar-refractivity contribution is -0.134. The van der Waals surface area contributed by atoms with Crippen LogP contribution in [0.5, 0.6) is 0 Å². The predicted molar refractivity (Wildman–Crippen MR) is 74.5 cm³/mol. The summed E-state index contributed by atoms with van der Waals surface area (Å²) in [6.07, 6.45) is 1.78. The molecular formula is C15H20F2N2O2. The number of rotatable bonds is 4. The van der Waals surface area contributed by atoms with Gasteiger partial charge in [0.15, 0.2) is 11.6 Å². The zero-order chi connectivity index (χ0) is 15.4. The summed E-state index contributed by atoms with van der Waals surface area (Å²) >= 11 is 0. The highest BCUT2D eigenvalue weighted by molar-refractivity contribution is 5.77. The summed E-state index contributed by atoms with van der Waals surface area (Å²) in [4.78, 5) is 13.9. The average Bonchev–Trinajstić information content (AvgIpc) is 2.59. The van der Waals surface area contributed by atoms with Crippen LogP contribution in [0, 0.1) is 11.6 Å². The highest BCUT2D eigenvalue weighted by Gasteiger charge is 2.33. The van der Waals surface area contributed by atoms with E-state index in [0.29, 0.717) is 38.0 Å². The van der Waals surface area contributed by atoms with Crippen LogP contribution in [-0.2, 0) is 9.53 Å². The van der Waals surface area contributed by atoms with Gasteiger partial charge in [-0.25, -0.2) is 8.78 Å². The predicted octanol–water partition coefficient (Wildman–Crippen LogP) is 1.99. The van der Waals surface area contributed by atoms with Crippen LogP contribution >= 0.6 is 0 Å². The molecule has 0 aromatic heterocycles. The van der Waals surface area contributed by atoms with Crippen molar-refractivity contribution in [3.05, 3.63) is 35.4 Å². The van der Waals surface area contributed by atoms with Gasteiger partial charge in [0, 0.05) is 26.1 Å². The molecule has 21 heavy (non-hydrogen) atoms. The molecule has 1 fully saturated rings. The summed E-state index contributed by atoms with van der Waals surface area (Å²) < 4.78 is 31.6. The fraction of sp³-hybridized carbons (Fsp3) is 0.533. The van der Waals surface area contributed by atoms with Gasteiger partial charge in [-0.3, -0.25) is 4.79 Å². The Labute approximate surface area is 122 Å². The standard InChI is InChI=1S/C15H20F2N2O2/c1-21-8-7-19-14(20)4-2-3-13(18)15(19)10-5-6-11(16)12(17)9-10/h5-6,9,13,15H,2-4,7-8,18H2,1H3. The summed E-state index contributed by atoms with van der Waals surface area (Å²) in [5.74, 6) is -1.87. The molecule has 2 atom stereocenters. The number of nitrogens with two attached hydrogens (primary N) is 1. The quantitative estimate of drug-likeness (QED) is 0.925. The van der Waals surface area contributed by atoms with Crippen molar-refractivity contribution in [1.29, 1.82) is 0 Å². The highest BCUT2D eigenvalue weighted by Crippen LogP contribution is 2.30. The zero-order valence-corrected chi connectivity index (χ0v) is 12.0. The Hall–Kier alpha value is -1.53. The number of amides is 1. The maximum absolute atomic E-state index is 13.5. The Kier molecular flexibility index (Phi) is 5.25. The van der Waals surface area contributed by atoms with Gasteiger partial charge >= 0.3 is 0 Å². The minimum Gasteiger partial charge on any atom is -0.383 e. The highest BCUT2D eigenvalue weighted by atomic mass is 19.2. The maximum atomic E-state index is 13.5. The van der Waals surface area contributed by atoms with Gasteiger partial charge < -0.3 is 15.4 Å². The summed E-state index contributed by atoms with van der Waals surface area (Å²) in [6.45, 7) is 0.755. The summed E-state index contributed by atoms with van der Waals surface area (Å²) in [6, 6.07) is 2.92. The van der Waals surface area contributed by atoms with Gasteiger partial charge in [0.25, 0.3) is 0 Å². The fourth-order valence-corrected chi connectivity index (χ4v) is 2.75. The minimum atomic E-state index is -0.928. The zero-order valence-electron chi connectivity index (χ0n) is 12.0. The van der Waals surface area contributed by atoms with E-state index in [0.717, 1.165) is 12.1 Å². The number of ether oxygens (including phenoxy) is 1. The fourth-order valence-electron chi connectivity index (χ4n) is 2.75. The van der Waals surface area contributed by atoms with E-state index < -0.39 is 17.7 Å². The number of nitrogens with zero attached hydrogens (tertiary/aromatic N) is 1. The molecule has 1 amide bonds. The molecule has 2 unspecified atom stereocenters. The van der Waals surface area contributed by atoms with Crippen molar-refractivity contribution < 1.29 is 18.3 Å². The Morgan fingerprint density at radius 2 is 2.14 bits per heavy atom. The van der Waals surface area contributed by atoms with Crippen LogP contribution in [0.15, 0.2) is 18.2 Å². The van der Waals surface area contributed by atoms with Crippen molar-refractivity contribution in [3.8, 4) is 0 Å². The van der Waals surface area contributed by atoms with Gasteiger partial charge in [-0.1, -0.05) is 6.07 Å². The number of hydrogen-bond donors (Lipinski definition) is 1. The SMILES string of the molecule is COCCN1C(=O)CCCC(N)C1c1ccc(F)c(F)c1. The van der Waals surface area contributed by atoms with Crippen molar-refractivity contribution in [2.75, 3.05) is 20.3 Å². The van der Waals surface area contributed by atoms with E-state index in [1.807, 2.05) is 0 Å². The van der Waals surface area contributed by atoms with Crippen LogP contribution in [0.4, 0.5) is 8.78 Å². The first kappa shape index (κ1) is 15.9. The maximum Gasteiger partial charge on any atom is 0.223 e. The third-order valence-electron chi connectivity index (χ3n) is 3.81. The summed E-state index contributed by atoms with van der Waals surface area (Å²) in [7, 11) is 1.55. The first-order valence-electron chi connectivity index (χ1n) is 7.03. The largest absolute Gasteiger partial charge is 0.383 e. The molecule has 1 heterocycles. The molecule has 116 valence electrons. The molecule has 0 bridgehead atoms. The van der Waals surface area contributed by atoms with Crippen LogP contribution < -0.4 is 5.73 Å². The molecule has 2 rings (SSSR count). The number of carbonyl (C=O) groups excluding carboxylic acids is 1. The lowest BCUT2D eigenvalue weighted by Crippen LogP contribution is -2.43. The van der Waals surface area contributed by atoms with Crippen LogP contribution in [0.3, 0.4) is 0 Å². The third-order valence-corrected chi connectivity index (χ3v) is 3.81. The number of hydrogen-bond acceptors (Lipinski definition) is 3. The average molecular weight is 298 g/mol. The lowest BCUT2D eigenvalue weighted by atomic mass is 9.96. The molecule has 0 radical (unpaired) electrons. The molecule has 6 heteroatoms. The molecule has 1 aliphatic heterocycles. The molecule has 1 aromatic rings. The summed E-state index contributed by atoms with van der Waals surface area (Å²) in [5, 5.41) is 0. The second-order valence-electron chi connectivity index (χ2n) is 5.25. The van der Waals surface area contributed by atoms with Gasteiger partial charge in [-0.05, 0) is 30.5 Å². The Balaban J connectivity index is 2.36. The third kappa shape index (κ3) is 3.57. The first-order chi connectivity index (χ1) is 10.0. The van der Waals surface area contributed by atoms with E-state index in [4.69, 9.17) is 10.5 Å². The van der Waals surface area contributed by atoms with Crippen LogP contribution in [0.1, 0.15) is 30.9 Å². The van der Waals surface area contributed by atoms with E-state index in [1.54, 1.807) is 12.0 Å². The minimum absolute atomic E-state index is 0.0327. The smallest absolute Gasteiger partial charge is 0.223 e. The molecule has 1 aliphatic rings. The normalized spacial score (nSPS) is 23.2. The Morgan fingerprint density at radius 3 is 2.81 bits per heavy atom. The molecular weight excluding hydrogens is 278 g/mol. The van der Waals surface area contributed by atoms with Gasteiger partial charge in [0.1, 0.15) is 0 Å². The van der Waals surface area contributed by atoms with E-state index in [1.165, 1.54) is 6.07 Å². The van der Waals surface area contributed by atoms with E-state index in [-0.39, 0.29) is 11.9 Å². The molecule has 0 spiro atoms.